The van der Waals surface area contributed by atoms with Gasteiger partial charge in [0, 0.05) is 37.2 Å². The molecule has 2 amide bonds. The van der Waals surface area contributed by atoms with Gasteiger partial charge in [0.15, 0.2) is 12.4 Å². The van der Waals surface area contributed by atoms with Crippen molar-refractivity contribution in [2.75, 3.05) is 24.6 Å². The predicted molar refractivity (Wildman–Crippen MR) is 106 cm³/mol. The van der Waals surface area contributed by atoms with Gasteiger partial charge in [0.05, 0.1) is 18.7 Å². The molecule has 0 spiro atoms. The molecule has 2 aliphatic rings. The maximum atomic E-state index is 12.4. The van der Waals surface area contributed by atoms with E-state index >= 15 is 0 Å². The predicted octanol–water partition coefficient (Wildman–Crippen LogP) is 2.18. The molecule has 0 unspecified atom stereocenters. The van der Waals surface area contributed by atoms with E-state index in [4.69, 9.17) is 9.15 Å². The molecule has 0 aliphatic carbocycles. The van der Waals surface area contributed by atoms with E-state index < -0.39 is 11.9 Å². The highest BCUT2D eigenvalue weighted by atomic mass is 16.5. The van der Waals surface area contributed by atoms with E-state index in [0.717, 1.165) is 12.1 Å². The SMILES string of the molecule is O=C(COC(=O)[C@@H]1CC(=O)N(Cc2ccco2)C1)c1ccc(N2CCCC2=O)cc1. The number of Topliss-reactive ketones (excluding diaryl/α,β-unsaturated/α-hetero) is 1. The second kappa shape index (κ2) is 8.52. The quantitative estimate of drug-likeness (QED) is 0.513. The van der Waals surface area contributed by atoms with E-state index in [1.165, 1.54) is 6.26 Å². The van der Waals surface area contributed by atoms with Crippen LogP contribution in [0.5, 0.6) is 0 Å². The van der Waals surface area contributed by atoms with Crippen LogP contribution in [0.4, 0.5) is 5.69 Å². The maximum absolute atomic E-state index is 12.4. The largest absolute Gasteiger partial charge is 0.467 e. The lowest BCUT2D eigenvalue weighted by molar-refractivity contribution is -0.147. The van der Waals surface area contributed by atoms with Crippen LogP contribution in [0.2, 0.25) is 0 Å². The highest BCUT2D eigenvalue weighted by Crippen LogP contribution is 2.23. The zero-order valence-corrected chi connectivity index (χ0v) is 16.4. The number of rotatable bonds is 7. The van der Waals surface area contributed by atoms with E-state index in [1.54, 1.807) is 46.2 Å². The summed E-state index contributed by atoms with van der Waals surface area (Å²) in [6.45, 7) is 0.843. The molecule has 8 heteroatoms. The maximum Gasteiger partial charge on any atom is 0.311 e. The standard InChI is InChI=1S/C22H22N2O6/c25-19(15-5-7-17(8-6-15)24-9-1-4-20(24)26)14-30-22(28)16-11-21(27)23(12-16)13-18-3-2-10-29-18/h2-3,5-8,10,16H,1,4,9,11-14H2/t16-/m1/s1. The molecule has 4 rings (SSSR count). The first-order chi connectivity index (χ1) is 14.5. The lowest BCUT2D eigenvalue weighted by Gasteiger charge is -2.16. The minimum Gasteiger partial charge on any atom is -0.467 e. The third-order valence-corrected chi connectivity index (χ3v) is 5.39. The molecule has 0 bridgehead atoms. The number of amides is 2. The van der Waals surface area contributed by atoms with Gasteiger partial charge in [-0.05, 0) is 42.8 Å². The average molecular weight is 410 g/mol. The van der Waals surface area contributed by atoms with Crippen molar-refractivity contribution in [3.63, 3.8) is 0 Å². The van der Waals surface area contributed by atoms with Crippen LogP contribution >= 0.6 is 0 Å². The Morgan fingerprint density at radius 3 is 2.57 bits per heavy atom. The number of furan rings is 1. The Morgan fingerprint density at radius 1 is 1.10 bits per heavy atom. The molecule has 1 aromatic carbocycles. The summed E-state index contributed by atoms with van der Waals surface area (Å²) in [6, 6.07) is 10.2. The summed E-state index contributed by atoms with van der Waals surface area (Å²) >= 11 is 0. The fourth-order valence-electron chi connectivity index (χ4n) is 3.76. The number of hydrogen-bond donors (Lipinski definition) is 0. The molecule has 2 saturated heterocycles. The Kier molecular flexibility index (Phi) is 5.65. The van der Waals surface area contributed by atoms with Gasteiger partial charge in [0.2, 0.25) is 11.8 Å². The summed E-state index contributed by atoms with van der Waals surface area (Å²) in [5.74, 6) is -0.908. The fourth-order valence-corrected chi connectivity index (χ4v) is 3.76. The number of carbonyl (C=O) groups is 4. The van der Waals surface area contributed by atoms with Gasteiger partial charge in [-0.2, -0.15) is 0 Å². The first kappa shape index (κ1) is 19.9. The summed E-state index contributed by atoms with van der Waals surface area (Å²) in [5, 5.41) is 0. The van der Waals surface area contributed by atoms with E-state index in [1.807, 2.05) is 0 Å². The number of hydrogen-bond acceptors (Lipinski definition) is 6. The minimum absolute atomic E-state index is 0.0618. The third kappa shape index (κ3) is 4.27. The van der Waals surface area contributed by atoms with Gasteiger partial charge in [0.25, 0.3) is 0 Å². The second-order valence-electron chi connectivity index (χ2n) is 7.48. The van der Waals surface area contributed by atoms with Crippen molar-refractivity contribution in [1.29, 1.82) is 0 Å². The molecule has 0 radical (unpaired) electrons. The van der Waals surface area contributed by atoms with Gasteiger partial charge < -0.3 is 19.0 Å². The number of ketones is 1. The summed E-state index contributed by atoms with van der Waals surface area (Å²) in [7, 11) is 0. The Morgan fingerprint density at radius 2 is 1.90 bits per heavy atom. The van der Waals surface area contributed by atoms with E-state index in [9.17, 15) is 19.2 Å². The van der Waals surface area contributed by atoms with E-state index in [0.29, 0.717) is 30.8 Å². The molecule has 1 aromatic heterocycles. The van der Waals surface area contributed by atoms with Gasteiger partial charge in [-0.25, -0.2) is 0 Å². The van der Waals surface area contributed by atoms with Gasteiger partial charge in [-0.1, -0.05) is 0 Å². The lowest BCUT2D eigenvalue weighted by Crippen LogP contribution is -2.27. The molecule has 1 atom stereocenters. The number of benzene rings is 1. The number of anilines is 1. The van der Waals surface area contributed by atoms with Gasteiger partial charge in [0.1, 0.15) is 5.76 Å². The number of nitrogens with zero attached hydrogens (tertiary/aromatic N) is 2. The molecular formula is C22H22N2O6. The highest BCUT2D eigenvalue weighted by Gasteiger charge is 2.36. The molecule has 156 valence electrons. The molecule has 0 N–H and O–H groups in total. The van der Waals surface area contributed by atoms with Crippen molar-refractivity contribution < 1.29 is 28.3 Å². The van der Waals surface area contributed by atoms with Crippen LogP contribution in [0.1, 0.15) is 35.4 Å². The van der Waals surface area contributed by atoms with Crippen molar-refractivity contribution in [3.8, 4) is 0 Å². The van der Waals surface area contributed by atoms with Gasteiger partial charge in [-0.15, -0.1) is 0 Å². The first-order valence-corrected chi connectivity index (χ1v) is 9.91. The number of ether oxygens (including phenoxy) is 1. The van der Waals surface area contributed by atoms with Crippen molar-refractivity contribution in [3.05, 3.63) is 54.0 Å². The Hall–Kier alpha value is -3.42. The Balaban J connectivity index is 1.28. The van der Waals surface area contributed by atoms with Crippen molar-refractivity contribution in [2.45, 2.75) is 25.8 Å². The molecule has 8 nitrogen and oxygen atoms in total. The minimum atomic E-state index is -0.594. The van der Waals surface area contributed by atoms with E-state index in [2.05, 4.69) is 0 Å². The molecule has 0 saturated carbocycles. The summed E-state index contributed by atoms with van der Waals surface area (Å²) in [6.07, 6.45) is 2.96. The second-order valence-corrected chi connectivity index (χ2v) is 7.48. The monoisotopic (exact) mass is 410 g/mol. The van der Waals surface area contributed by atoms with Crippen LogP contribution in [-0.2, 0) is 25.7 Å². The average Bonchev–Trinajstić information content (AvgIpc) is 3.49. The molecule has 2 aliphatic heterocycles. The van der Waals surface area contributed by atoms with Crippen LogP contribution in [0.3, 0.4) is 0 Å². The number of likely N-dealkylation sites (tertiary alicyclic amines) is 1. The fraction of sp³-hybridized carbons (Fsp3) is 0.364. The van der Waals surface area contributed by atoms with E-state index in [-0.39, 0.29) is 37.2 Å². The number of esters is 1. The highest BCUT2D eigenvalue weighted by molar-refractivity contribution is 6.00. The number of carbonyl (C=O) groups excluding carboxylic acids is 4. The third-order valence-electron chi connectivity index (χ3n) is 5.39. The molecule has 3 heterocycles. The van der Waals surface area contributed by atoms with Crippen LogP contribution < -0.4 is 4.90 Å². The molecule has 2 fully saturated rings. The van der Waals surface area contributed by atoms with Gasteiger partial charge in [-0.3, -0.25) is 19.2 Å². The summed E-state index contributed by atoms with van der Waals surface area (Å²) in [5.41, 5.74) is 1.16. The molecule has 30 heavy (non-hydrogen) atoms. The van der Waals surface area contributed by atoms with Crippen LogP contribution in [0.25, 0.3) is 0 Å². The van der Waals surface area contributed by atoms with Crippen molar-refractivity contribution in [1.82, 2.24) is 4.90 Å². The normalized spacial score (nSPS) is 18.9. The van der Waals surface area contributed by atoms with Crippen molar-refractivity contribution >= 4 is 29.3 Å². The Bertz CT molecular complexity index is 951. The van der Waals surface area contributed by atoms with Crippen LogP contribution in [-0.4, -0.2) is 48.2 Å². The molecule has 2 aromatic rings. The topological polar surface area (TPSA) is 97.1 Å². The zero-order valence-electron chi connectivity index (χ0n) is 16.4. The smallest absolute Gasteiger partial charge is 0.311 e. The first-order valence-electron chi connectivity index (χ1n) is 9.91. The van der Waals surface area contributed by atoms with Crippen molar-refractivity contribution in [2.24, 2.45) is 5.92 Å². The summed E-state index contributed by atoms with van der Waals surface area (Å²) in [4.78, 5) is 51.8. The van der Waals surface area contributed by atoms with Gasteiger partial charge >= 0.3 is 5.97 Å². The van der Waals surface area contributed by atoms with Crippen LogP contribution in [0.15, 0.2) is 47.1 Å². The zero-order chi connectivity index (χ0) is 21.1. The Labute approximate surface area is 173 Å². The lowest BCUT2D eigenvalue weighted by atomic mass is 10.1. The van der Waals surface area contributed by atoms with Crippen LogP contribution in [0, 0.1) is 5.92 Å². The molecular weight excluding hydrogens is 388 g/mol. The summed E-state index contributed by atoms with van der Waals surface area (Å²) < 4.78 is 10.4.